The summed E-state index contributed by atoms with van der Waals surface area (Å²) in [5.41, 5.74) is 2.48. The largest absolute Gasteiger partial charge is 0.422 e. The van der Waals surface area contributed by atoms with E-state index in [1.165, 1.54) is 0 Å². The van der Waals surface area contributed by atoms with E-state index in [2.05, 4.69) is 31.1 Å². The zero-order valence-electron chi connectivity index (χ0n) is 13.2. The van der Waals surface area contributed by atoms with Gasteiger partial charge in [0.2, 0.25) is 5.91 Å². The van der Waals surface area contributed by atoms with Crippen LogP contribution < -0.4 is 10.1 Å². The third-order valence-corrected chi connectivity index (χ3v) is 3.46. The zero-order valence-corrected chi connectivity index (χ0v) is 13.2. The number of hydrogen-bond donors (Lipinski definition) is 2. The van der Waals surface area contributed by atoms with E-state index in [0.29, 0.717) is 24.3 Å². The molecular weight excluding hydrogens is 312 g/mol. The fourth-order valence-corrected chi connectivity index (χ4v) is 2.23. The van der Waals surface area contributed by atoms with Crippen molar-refractivity contribution in [2.75, 3.05) is 5.32 Å². The number of H-pyrrole nitrogens is 1. The maximum atomic E-state index is 12.0. The first-order valence-corrected chi connectivity index (χ1v) is 7.35. The Labute approximate surface area is 137 Å². The zero-order chi connectivity index (χ0) is 16.9. The van der Waals surface area contributed by atoms with Gasteiger partial charge in [-0.05, 0) is 49.7 Å². The Morgan fingerprint density at radius 3 is 2.71 bits per heavy atom. The van der Waals surface area contributed by atoms with Gasteiger partial charge in [0.25, 0.3) is 0 Å². The van der Waals surface area contributed by atoms with Crippen molar-refractivity contribution in [2.45, 2.75) is 26.7 Å². The number of carbonyl (C=O) groups is 1. The number of rotatable bonds is 6. The van der Waals surface area contributed by atoms with Crippen LogP contribution in [0.5, 0.6) is 11.8 Å². The molecule has 2 heterocycles. The van der Waals surface area contributed by atoms with Crippen LogP contribution in [0, 0.1) is 13.8 Å². The summed E-state index contributed by atoms with van der Waals surface area (Å²) in [5.74, 6) is 1.22. The molecule has 124 valence electrons. The molecule has 9 nitrogen and oxygen atoms in total. The summed E-state index contributed by atoms with van der Waals surface area (Å²) in [6.07, 6.45) is 0.941. The van der Waals surface area contributed by atoms with E-state index in [-0.39, 0.29) is 11.9 Å². The summed E-state index contributed by atoms with van der Waals surface area (Å²) < 4.78 is 10.4. The number of carbonyl (C=O) groups excluding carboxylic acids is 1. The average molecular weight is 328 g/mol. The number of tetrazole rings is 1. The van der Waals surface area contributed by atoms with Crippen LogP contribution in [0.1, 0.15) is 23.4 Å². The van der Waals surface area contributed by atoms with Crippen molar-refractivity contribution in [1.29, 1.82) is 0 Å². The molecule has 0 saturated heterocycles. The summed E-state index contributed by atoms with van der Waals surface area (Å²) >= 11 is 0. The lowest BCUT2D eigenvalue weighted by atomic mass is 10.1. The van der Waals surface area contributed by atoms with E-state index in [9.17, 15) is 4.79 Å². The number of aromatic amines is 1. The van der Waals surface area contributed by atoms with Crippen molar-refractivity contribution >= 4 is 11.6 Å². The molecule has 0 unspecified atom stereocenters. The molecule has 1 aromatic carbocycles. The number of ether oxygens (including phenoxy) is 1. The van der Waals surface area contributed by atoms with E-state index < -0.39 is 0 Å². The Hall–Kier alpha value is -3.23. The highest BCUT2D eigenvalue weighted by Gasteiger charge is 2.11. The van der Waals surface area contributed by atoms with Gasteiger partial charge in [-0.2, -0.15) is 5.21 Å². The van der Waals surface area contributed by atoms with Crippen molar-refractivity contribution in [2.24, 2.45) is 0 Å². The SMILES string of the molecule is Cc1noc(C)c1CCC(=O)Nc1ccc(Oc2nn[nH]n2)cc1. The number of anilines is 1. The number of aryl methyl sites for hydroxylation is 2. The van der Waals surface area contributed by atoms with Crippen LogP contribution in [0.25, 0.3) is 0 Å². The molecule has 2 N–H and O–H groups in total. The minimum atomic E-state index is -0.0816. The van der Waals surface area contributed by atoms with Crippen molar-refractivity contribution in [3.63, 3.8) is 0 Å². The summed E-state index contributed by atoms with van der Waals surface area (Å²) in [6.45, 7) is 3.71. The second-order valence-electron chi connectivity index (χ2n) is 5.17. The van der Waals surface area contributed by atoms with Gasteiger partial charge < -0.3 is 14.6 Å². The molecule has 0 aliphatic heterocycles. The second-order valence-corrected chi connectivity index (χ2v) is 5.17. The van der Waals surface area contributed by atoms with Crippen LogP contribution >= 0.6 is 0 Å². The molecule has 1 amide bonds. The molecule has 0 fully saturated rings. The molecule has 0 spiro atoms. The lowest BCUT2D eigenvalue weighted by Gasteiger charge is -2.06. The summed E-state index contributed by atoms with van der Waals surface area (Å²) in [5, 5.41) is 19.8. The lowest BCUT2D eigenvalue weighted by molar-refractivity contribution is -0.116. The normalized spacial score (nSPS) is 10.6. The molecule has 0 bridgehead atoms. The van der Waals surface area contributed by atoms with Gasteiger partial charge in [-0.25, -0.2) is 0 Å². The third kappa shape index (κ3) is 3.75. The topological polar surface area (TPSA) is 119 Å². The first-order chi connectivity index (χ1) is 11.6. The molecule has 0 radical (unpaired) electrons. The fraction of sp³-hybridized carbons (Fsp3) is 0.267. The maximum Gasteiger partial charge on any atom is 0.361 e. The van der Waals surface area contributed by atoms with Crippen LogP contribution in [0.2, 0.25) is 0 Å². The van der Waals surface area contributed by atoms with E-state index >= 15 is 0 Å². The van der Waals surface area contributed by atoms with Crippen molar-refractivity contribution in [1.82, 2.24) is 25.8 Å². The van der Waals surface area contributed by atoms with E-state index in [1.54, 1.807) is 24.3 Å². The molecule has 3 aromatic rings. The smallest absolute Gasteiger partial charge is 0.361 e. The average Bonchev–Trinajstić information content (AvgIpc) is 3.18. The lowest BCUT2D eigenvalue weighted by Crippen LogP contribution is -2.12. The summed E-state index contributed by atoms with van der Waals surface area (Å²) in [4.78, 5) is 12.0. The van der Waals surface area contributed by atoms with Gasteiger partial charge >= 0.3 is 6.01 Å². The van der Waals surface area contributed by atoms with Crippen molar-refractivity contribution in [3.8, 4) is 11.8 Å². The van der Waals surface area contributed by atoms with Gasteiger partial charge in [0, 0.05) is 17.7 Å². The molecule has 3 rings (SSSR count). The van der Waals surface area contributed by atoms with Gasteiger partial charge in [-0.15, -0.1) is 0 Å². The maximum absolute atomic E-state index is 12.0. The minimum Gasteiger partial charge on any atom is -0.422 e. The highest BCUT2D eigenvalue weighted by atomic mass is 16.5. The van der Waals surface area contributed by atoms with E-state index in [1.807, 2.05) is 13.8 Å². The van der Waals surface area contributed by atoms with Crippen LogP contribution in [-0.2, 0) is 11.2 Å². The Bertz CT molecular complexity index is 791. The van der Waals surface area contributed by atoms with Crippen molar-refractivity contribution in [3.05, 3.63) is 41.3 Å². The van der Waals surface area contributed by atoms with Crippen LogP contribution in [-0.4, -0.2) is 31.7 Å². The van der Waals surface area contributed by atoms with Gasteiger partial charge in [0.1, 0.15) is 11.5 Å². The minimum absolute atomic E-state index is 0.0816. The summed E-state index contributed by atoms with van der Waals surface area (Å²) in [6, 6.07) is 7.03. The predicted octanol–water partition coefficient (Wildman–Crippen LogP) is 2.17. The van der Waals surface area contributed by atoms with Crippen LogP contribution in [0.3, 0.4) is 0 Å². The Morgan fingerprint density at radius 1 is 1.29 bits per heavy atom. The number of benzene rings is 1. The number of nitrogens with one attached hydrogen (secondary N) is 2. The number of aromatic nitrogens is 5. The third-order valence-electron chi connectivity index (χ3n) is 3.46. The van der Waals surface area contributed by atoms with Crippen LogP contribution in [0.15, 0.2) is 28.8 Å². The molecule has 0 atom stereocenters. The number of nitrogens with zero attached hydrogens (tertiary/aromatic N) is 4. The first-order valence-electron chi connectivity index (χ1n) is 7.35. The van der Waals surface area contributed by atoms with E-state index in [0.717, 1.165) is 17.0 Å². The molecular formula is C15H16N6O3. The Morgan fingerprint density at radius 2 is 2.08 bits per heavy atom. The number of hydrogen-bond acceptors (Lipinski definition) is 7. The highest BCUT2D eigenvalue weighted by Crippen LogP contribution is 2.20. The van der Waals surface area contributed by atoms with Gasteiger partial charge in [0.15, 0.2) is 0 Å². The Balaban J connectivity index is 1.53. The quantitative estimate of drug-likeness (QED) is 0.711. The standard InChI is InChI=1S/C15H16N6O3/c1-9-13(10(2)24-19-9)7-8-14(22)16-11-3-5-12(6-4-11)23-15-17-20-21-18-15/h3-6H,7-8H2,1-2H3,(H,16,22)(H,17,18,20,21). The molecule has 0 saturated carbocycles. The molecule has 9 heteroatoms. The van der Waals surface area contributed by atoms with Gasteiger partial charge in [0.05, 0.1) is 5.69 Å². The van der Waals surface area contributed by atoms with E-state index in [4.69, 9.17) is 9.26 Å². The Kier molecular flexibility index (Phi) is 4.50. The van der Waals surface area contributed by atoms with Crippen LogP contribution in [0.4, 0.5) is 5.69 Å². The molecule has 0 aliphatic carbocycles. The van der Waals surface area contributed by atoms with Crippen molar-refractivity contribution < 1.29 is 14.1 Å². The highest BCUT2D eigenvalue weighted by molar-refractivity contribution is 5.90. The van der Waals surface area contributed by atoms with Gasteiger partial charge in [-0.1, -0.05) is 15.4 Å². The molecule has 0 aliphatic rings. The monoisotopic (exact) mass is 328 g/mol. The molecule has 24 heavy (non-hydrogen) atoms. The summed E-state index contributed by atoms with van der Waals surface area (Å²) in [7, 11) is 0. The predicted molar refractivity (Wildman–Crippen MR) is 83.6 cm³/mol. The van der Waals surface area contributed by atoms with Gasteiger partial charge in [-0.3, -0.25) is 4.79 Å². The first kappa shape index (κ1) is 15.7. The molecule has 2 aromatic heterocycles. The second kappa shape index (κ2) is 6.90. The number of amides is 1. The fourth-order valence-electron chi connectivity index (χ4n) is 2.23.